The van der Waals surface area contributed by atoms with Crippen molar-refractivity contribution in [2.24, 2.45) is 5.92 Å². The molecule has 1 aliphatic rings. The molecule has 2 atom stereocenters. The summed E-state index contributed by atoms with van der Waals surface area (Å²) in [6, 6.07) is 10.6. The van der Waals surface area contributed by atoms with Crippen LogP contribution in [0.3, 0.4) is 0 Å². The highest BCUT2D eigenvalue weighted by Crippen LogP contribution is 2.34. The number of nitrogens with one attached hydrogen (secondary N) is 1. The van der Waals surface area contributed by atoms with Crippen molar-refractivity contribution in [2.75, 3.05) is 12.3 Å². The highest BCUT2D eigenvalue weighted by atomic mass is 32.2. The van der Waals surface area contributed by atoms with E-state index in [9.17, 15) is 14.0 Å². The summed E-state index contributed by atoms with van der Waals surface area (Å²) in [5.41, 5.74) is 1.31. The van der Waals surface area contributed by atoms with E-state index in [0.29, 0.717) is 30.2 Å². The number of carbonyl (C=O) groups excluding carboxylic acids is 2. The highest BCUT2D eigenvalue weighted by Gasteiger charge is 2.41. The lowest BCUT2D eigenvalue weighted by Crippen LogP contribution is -2.50. The average molecular weight is 416 g/mol. The van der Waals surface area contributed by atoms with Gasteiger partial charge in [-0.15, -0.1) is 11.8 Å². The number of rotatable bonds is 7. The maximum absolute atomic E-state index is 13.3. The van der Waals surface area contributed by atoms with Crippen LogP contribution in [-0.4, -0.2) is 45.4 Å². The third kappa shape index (κ3) is 5.56. The van der Waals surface area contributed by atoms with Gasteiger partial charge in [0, 0.05) is 36.2 Å². The van der Waals surface area contributed by atoms with Gasteiger partial charge in [0.1, 0.15) is 11.9 Å². The zero-order valence-electron chi connectivity index (χ0n) is 16.7. The van der Waals surface area contributed by atoms with Gasteiger partial charge in [-0.1, -0.05) is 19.9 Å². The molecule has 1 aromatic carbocycles. The molecule has 2 unspecified atom stereocenters. The normalized spacial score (nSPS) is 18.8. The van der Waals surface area contributed by atoms with Gasteiger partial charge in [-0.3, -0.25) is 14.6 Å². The first-order valence-corrected chi connectivity index (χ1v) is 10.9. The van der Waals surface area contributed by atoms with Crippen LogP contribution in [0.25, 0.3) is 0 Å². The summed E-state index contributed by atoms with van der Waals surface area (Å²) in [6.45, 7) is 4.66. The molecule has 2 heterocycles. The molecule has 0 aliphatic carbocycles. The third-order valence-corrected chi connectivity index (χ3v) is 6.11. The minimum absolute atomic E-state index is 0.0703. The number of carbonyl (C=O) groups is 2. The van der Waals surface area contributed by atoms with Crippen LogP contribution in [0.15, 0.2) is 48.7 Å². The number of benzene rings is 1. The van der Waals surface area contributed by atoms with Gasteiger partial charge in [0.15, 0.2) is 0 Å². The minimum Gasteiger partial charge on any atom is -0.354 e. The van der Waals surface area contributed by atoms with Crippen LogP contribution in [0.4, 0.5) is 4.39 Å². The number of halogens is 1. The lowest BCUT2D eigenvalue weighted by Gasteiger charge is -2.30. The van der Waals surface area contributed by atoms with Gasteiger partial charge in [-0.05, 0) is 48.7 Å². The average Bonchev–Trinajstić information content (AvgIpc) is 3.11. The number of amides is 2. The maximum atomic E-state index is 13.3. The molecule has 0 radical (unpaired) electrons. The Bertz CT molecular complexity index is 830. The number of thioether (sulfide) groups is 1. The fourth-order valence-electron chi connectivity index (χ4n) is 3.34. The molecule has 5 nitrogen and oxygen atoms in total. The largest absolute Gasteiger partial charge is 0.354 e. The second kappa shape index (κ2) is 9.87. The Morgan fingerprint density at radius 1 is 1.24 bits per heavy atom. The van der Waals surface area contributed by atoms with Gasteiger partial charge in [0.05, 0.1) is 5.37 Å². The first kappa shape index (κ1) is 21.3. The quantitative estimate of drug-likeness (QED) is 0.752. The van der Waals surface area contributed by atoms with Gasteiger partial charge in [0.25, 0.3) is 5.91 Å². The molecule has 1 aliphatic heterocycles. The topological polar surface area (TPSA) is 62.3 Å². The van der Waals surface area contributed by atoms with Crippen molar-refractivity contribution in [3.05, 3.63) is 65.7 Å². The number of nitrogens with zero attached hydrogens (tertiary/aromatic N) is 2. The summed E-state index contributed by atoms with van der Waals surface area (Å²) in [5.74, 6) is 0.169. The summed E-state index contributed by atoms with van der Waals surface area (Å²) >= 11 is 1.63. The van der Waals surface area contributed by atoms with Crippen molar-refractivity contribution in [1.29, 1.82) is 0 Å². The highest BCUT2D eigenvalue weighted by molar-refractivity contribution is 8.00. The molecule has 29 heavy (non-hydrogen) atoms. The van der Waals surface area contributed by atoms with E-state index in [1.54, 1.807) is 22.9 Å². The van der Waals surface area contributed by atoms with Gasteiger partial charge in [-0.25, -0.2) is 4.39 Å². The maximum Gasteiger partial charge on any atom is 0.255 e. The van der Waals surface area contributed by atoms with Crippen LogP contribution < -0.4 is 5.32 Å². The summed E-state index contributed by atoms with van der Waals surface area (Å²) in [6.07, 6.45) is 3.16. The van der Waals surface area contributed by atoms with Gasteiger partial charge in [-0.2, -0.15) is 0 Å². The Kier molecular flexibility index (Phi) is 7.25. The molecular formula is C22H26FN3O2S. The molecular weight excluding hydrogens is 389 g/mol. The lowest BCUT2D eigenvalue weighted by molar-refractivity contribution is -0.124. The molecule has 0 bridgehead atoms. The first-order valence-electron chi connectivity index (χ1n) is 9.83. The van der Waals surface area contributed by atoms with Crippen molar-refractivity contribution in [3.63, 3.8) is 0 Å². The van der Waals surface area contributed by atoms with E-state index in [1.165, 1.54) is 24.3 Å². The van der Waals surface area contributed by atoms with E-state index in [1.807, 2.05) is 18.2 Å². The van der Waals surface area contributed by atoms with Crippen LogP contribution in [0.2, 0.25) is 0 Å². The molecule has 1 saturated heterocycles. The molecule has 2 aromatic rings. The summed E-state index contributed by atoms with van der Waals surface area (Å²) in [7, 11) is 0. The van der Waals surface area contributed by atoms with E-state index in [4.69, 9.17) is 0 Å². The fourth-order valence-corrected chi connectivity index (χ4v) is 4.98. The SMILES string of the molecule is CC(C)CC1SCC(C(=O)NCCc2ccccn2)N1C(=O)c1ccc(F)cc1. The number of aromatic nitrogens is 1. The molecule has 1 fully saturated rings. The standard InChI is InChI=1S/C22H26FN3O2S/c1-15(2)13-20-26(22(28)16-6-8-17(23)9-7-16)19(14-29-20)21(27)25-12-10-18-5-3-4-11-24-18/h3-9,11,15,19-20H,10,12-14H2,1-2H3,(H,25,27). The molecule has 1 aromatic heterocycles. The second-order valence-corrected chi connectivity index (χ2v) is 8.73. The van der Waals surface area contributed by atoms with Crippen molar-refractivity contribution < 1.29 is 14.0 Å². The number of hydrogen-bond acceptors (Lipinski definition) is 4. The zero-order chi connectivity index (χ0) is 20.8. The summed E-state index contributed by atoms with van der Waals surface area (Å²) < 4.78 is 13.3. The number of hydrogen-bond donors (Lipinski definition) is 1. The predicted octanol–water partition coefficient (Wildman–Crippen LogP) is 3.51. The van der Waals surface area contributed by atoms with E-state index < -0.39 is 6.04 Å². The molecule has 7 heteroatoms. The van der Waals surface area contributed by atoms with Gasteiger partial charge >= 0.3 is 0 Å². The Morgan fingerprint density at radius 2 is 2.00 bits per heavy atom. The molecule has 3 rings (SSSR count). The Balaban J connectivity index is 1.70. The monoisotopic (exact) mass is 415 g/mol. The van der Waals surface area contributed by atoms with Crippen molar-refractivity contribution in [1.82, 2.24) is 15.2 Å². The molecule has 0 spiro atoms. The van der Waals surface area contributed by atoms with E-state index in [-0.39, 0.29) is 23.0 Å². The van der Waals surface area contributed by atoms with Crippen LogP contribution in [0.5, 0.6) is 0 Å². The van der Waals surface area contributed by atoms with E-state index in [0.717, 1.165) is 12.1 Å². The van der Waals surface area contributed by atoms with E-state index in [2.05, 4.69) is 24.1 Å². The number of pyridine rings is 1. The van der Waals surface area contributed by atoms with Crippen molar-refractivity contribution in [3.8, 4) is 0 Å². The summed E-state index contributed by atoms with van der Waals surface area (Å²) in [4.78, 5) is 32.0. The Labute approximate surface area is 175 Å². The molecule has 0 saturated carbocycles. The minimum atomic E-state index is -0.537. The Morgan fingerprint density at radius 3 is 2.66 bits per heavy atom. The lowest BCUT2D eigenvalue weighted by atomic mass is 10.1. The van der Waals surface area contributed by atoms with Crippen LogP contribution in [0.1, 0.15) is 36.3 Å². The van der Waals surface area contributed by atoms with Crippen molar-refractivity contribution >= 4 is 23.6 Å². The fraction of sp³-hybridized carbons (Fsp3) is 0.409. The summed E-state index contributed by atoms with van der Waals surface area (Å²) in [5, 5.41) is 2.88. The molecule has 1 N–H and O–H groups in total. The van der Waals surface area contributed by atoms with Crippen LogP contribution in [-0.2, 0) is 11.2 Å². The smallest absolute Gasteiger partial charge is 0.255 e. The van der Waals surface area contributed by atoms with Crippen LogP contribution >= 0.6 is 11.8 Å². The predicted molar refractivity (Wildman–Crippen MR) is 113 cm³/mol. The molecule has 154 valence electrons. The van der Waals surface area contributed by atoms with Crippen molar-refractivity contribution in [2.45, 2.75) is 38.1 Å². The second-order valence-electron chi connectivity index (χ2n) is 7.51. The Hall–Kier alpha value is -2.41. The first-order chi connectivity index (χ1) is 14.0. The van der Waals surface area contributed by atoms with E-state index >= 15 is 0 Å². The third-order valence-electron chi connectivity index (χ3n) is 4.80. The van der Waals surface area contributed by atoms with Gasteiger partial charge in [0.2, 0.25) is 5.91 Å². The van der Waals surface area contributed by atoms with Gasteiger partial charge < -0.3 is 10.2 Å². The zero-order valence-corrected chi connectivity index (χ0v) is 17.5. The van der Waals surface area contributed by atoms with Crippen LogP contribution in [0, 0.1) is 11.7 Å². The molecule has 2 amide bonds.